The second-order valence-corrected chi connectivity index (χ2v) is 8.39. The Balaban J connectivity index is 2.78. The van der Waals surface area contributed by atoms with Crippen LogP contribution in [-0.4, -0.2) is 91.9 Å². The van der Waals surface area contributed by atoms with Crippen molar-refractivity contribution in [3.63, 3.8) is 0 Å². The van der Waals surface area contributed by atoms with E-state index in [1.165, 1.54) is 31.2 Å². The molecule has 32 heavy (non-hydrogen) atoms. The lowest BCUT2D eigenvalue weighted by atomic mass is 10.1. The molecule has 0 aromatic carbocycles. The lowest BCUT2D eigenvalue weighted by Gasteiger charge is -2.25. The molecular formula is C18H30N6O6S2. The number of nitrogens with one attached hydrogen (secondary N) is 4. The maximum absolute atomic E-state index is 12.6. The highest BCUT2D eigenvalue weighted by atomic mass is 32.2. The zero-order valence-corrected chi connectivity index (χ0v) is 19.5. The first-order chi connectivity index (χ1) is 15.1. The van der Waals surface area contributed by atoms with E-state index in [2.05, 4.69) is 38.5 Å². The number of nitrogens with two attached hydrogens (primary N) is 1. The molecule has 0 saturated carbocycles. The number of aromatic amines is 1. The molecule has 3 amide bonds. The fourth-order valence-electron chi connectivity index (χ4n) is 2.59. The van der Waals surface area contributed by atoms with Crippen molar-refractivity contribution in [2.24, 2.45) is 5.73 Å². The van der Waals surface area contributed by atoms with E-state index in [-0.39, 0.29) is 12.2 Å². The van der Waals surface area contributed by atoms with E-state index in [0.717, 1.165) is 0 Å². The van der Waals surface area contributed by atoms with Crippen LogP contribution in [0, 0.1) is 0 Å². The normalized spacial score (nSPS) is 15.7. The van der Waals surface area contributed by atoms with Gasteiger partial charge in [-0.25, -0.2) is 9.78 Å². The summed E-state index contributed by atoms with van der Waals surface area (Å²) in [5.41, 5.74) is 6.29. The molecular weight excluding hydrogens is 460 g/mol. The summed E-state index contributed by atoms with van der Waals surface area (Å²) < 4.78 is 0. The summed E-state index contributed by atoms with van der Waals surface area (Å²) in [6.07, 6.45) is 3.74. The molecule has 0 aliphatic rings. The van der Waals surface area contributed by atoms with E-state index in [9.17, 15) is 29.4 Å². The van der Waals surface area contributed by atoms with Crippen LogP contribution in [0.1, 0.15) is 19.0 Å². The Kier molecular flexibility index (Phi) is 12.1. The molecule has 1 aromatic rings. The van der Waals surface area contributed by atoms with Gasteiger partial charge in [-0.15, -0.1) is 0 Å². The van der Waals surface area contributed by atoms with E-state index in [1.807, 2.05) is 6.26 Å². The highest BCUT2D eigenvalue weighted by Gasteiger charge is 2.32. The zero-order chi connectivity index (χ0) is 24.3. The number of hydrogen-bond donors (Lipinski definition) is 8. The van der Waals surface area contributed by atoms with Gasteiger partial charge in [-0.05, 0) is 25.4 Å². The Morgan fingerprint density at radius 2 is 1.84 bits per heavy atom. The lowest BCUT2D eigenvalue weighted by Crippen LogP contribution is -2.60. The van der Waals surface area contributed by atoms with Crippen LogP contribution in [0.3, 0.4) is 0 Å². The van der Waals surface area contributed by atoms with E-state index in [4.69, 9.17) is 5.73 Å². The average Bonchev–Trinajstić information content (AvgIpc) is 3.25. The summed E-state index contributed by atoms with van der Waals surface area (Å²) in [7, 11) is 0. The highest BCUT2D eigenvalue weighted by Crippen LogP contribution is 2.03. The number of rotatable bonds is 14. The Hall–Kier alpha value is -2.29. The molecule has 0 aliphatic heterocycles. The van der Waals surface area contributed by atoms with E-state index in [0.29, 0.717) is 17.9 Å². The van der Waals surface area contributed by atoms with Crippen LogP contribution in [0.5, 0.6) is 0 Å². The second-order valence-electron chi connectivity index (χ2n) is 7.04. The predicted octanol–water partition coefficient (Wildman–Crippen LogP) is -2.12. The molecule has 8 N–H and O–H groups in total. The molecule has 1 aromatic heterocycles. The molecule has 180 valence electrons. The summed E-state index contributed by atoms with van der Waals surface area (Å²) in [4.78, 5) is 55.5. The average molecular weight is 491 g/mol. The number of carboxylic acid groups (broad SMARTS) is 1. The van der Waals surface area contributed by atoms with Crippen molar-refractivity contribution in [3.8, 4) is 0 Å². The van der Waals surface area contributed by atoms with Crippen molar-refractivity contribution in [2.45, 2.75) is 50.0 Å². The predicted molar refractivity (Wildman–Crippen MR) is 122 cm³/mol. The lowest BCUT2D eigenvalue weighted by molar-refractivity contribution is -0.142. The first-order valence-corrected chi connectivity index (χ1v) is 11.8. The first-order valence-electron chi connectivity index (χ1n) is 9.75. The smallest absolute Gasteiger partial charge is 0.326 e. The summed E-state index contributed by atoms with van der Waals surface area (Å²) in [5, 5.41) is 26.4. The molecule has 5 unspecified atom stereocenters. The number of aromatic nitrogens is 2. The number of hydrogen-bond acceptors (Lipinski definition) is 9. The third kappa shape index (κ3) is 9.06. The number of nitrogens with zero attached hydrogens (tertiary/aromatic N) is 1. The fourth-order valence-corrected chi connectivity index (χ4v) is 3.33. The van der Waals surface area contributed by atoms with Gasteiger partial charge in [-0.2, -0.15) is 24.4 Å². The monoisotopic (exact) mass is 490 g/mol. The van der Waals surface area contributed by atoms with Crippen LogP contribution >= 0.6 is 24.4 Å². The van der Waals surface area contributed by atoms with Crippen molar-refractivity contribution in [2.75, 3.05) is 17.8 Å². The van der Waals surface area contributed by atoms with Gasteiger partial charge in [0.15, 0.2) is 0 Å². The zero-order valence-electron chi connectivity index (χ0n) is 17.8. The van der Waals surface area contributed by atoms with Crippen LogP contribution in [-0.2, 0) is 25.6 Å². The second kappa shape index (κ2) is 14.0. The van der Waals surface area contributed by atoms with Crippen LogP contribution in [0.15, 0.2) is 12.5 Å². The summed E-state index contributed by atoms with van der Waals surface area (Å²) in [6, 6.07) is -4.71. The Morgan fingerprint density at radius 1 is 1.19 bits per heavy atom. The van der Waals surface area contributed by atoms with E-state index >= 15 is 0 Å². The molecule has 5 atom stereocenters. The third-order valence-corrected chi connectivity index (χ3v) is 5.45. The van der Waals surface area contributed by atoms with Gasteiger partial charge >= 0.3 is 5.97 Å². The minimum atomic E-state index is -1.36. The summed E-state index contributed by atoms with van der Waals surface area (Å²) in [5.74, 6) is -3.01. The van der Waals surface area contributed by atoms with Gasteiger partial charge in [0, 0.05) is 24.1 Å². The largest absolute Gasteiger partial charge is 0.480 e. The van der Waals surface area contributed by atoms with Gasteiger partial charge in [0.05, 0.1) is 18.5 Å². The first kappa shape index (κ1) is 27.7. The minimum Gasteiger partial charge on any atom is -0.480 e. The van der Waals surface area contributed by atoms with Crippen molar-refractivity contribution >= 4 is 48.1 Å². The van der Waals surface area contributed by atoms with E-state index < -0.39 is 54.0 Å². The molecule has 0 aliphatic carbocycles. The number of amides is 3. The van der Waals surface area contributed by atoms with Crippen molar-refractivity contribution < 1.29 is 29.4 Å². The standard InChI is InChI=1S/C18H30N6O6S2/c1-9(25)14(24-15(26)11(19)3-4-32-2)17(28)23-13(7-31)16(27)22-12(18(29)30)5-10-6-20-8-21-10/h6,8-9,11-14,25,31H,3-5,7,19H2,1-2H3,(H,20,21)(H,22,27)(H,23,28)(H,24,26)(H,29,30). The molecule has 1 heterocycles. The number of carbonyl (C=O) groups excluding carboxylic acids is 3. The topological polar surface area (TPSA) is 200 Å². The number of aliphatic carboxylic acids is 1. The number of carbonyl (C=O) groups is 4. The minimum absolute atomic E-state index is 0.0470. The van der Waals surface area contributed by atoms with Crippen molar-refractivity contribution in [3.05, 3.63) is 18.2 Å². The fraction of sp³-hybridized carbons (Fsp3) is 0.611. The number of aliphatic hydroxyl groups excluding tert-OH is 1. The van der Waals surface area contributed by atoms with Crippen LogP contribution in [0.2, 0.25) is 0 Å². The van der Waals surface area contributed by atoms with Crippen LogP contribution < -0.4 is 21.7 Å². The number of thioether (sulfide) groups is 1. The van der Waals surface area contributed by atoms with Crippen molar-refractivity contribution in [1.82, 2.24) is 25.9 Å². The van der Waals surface area contributed by atoms with Gasteiger partial charge < -0.3 is 36.9 Å². The van der Waals surface area contributed by atoms with Crippen LogP contribution in [0.25, 0.3) is 0 Å². The Bertz CT molecular complexity index is 763. The molecule has 0 radical (unpaired) electrons. The molecule has 1 rings (SSSR count). The Morgan fingerprint density at radius 3 is 2.34 bits per heavy atom. The molecule has 0 fully saturated rings. The summed E-state index contributed by atoms with van der Waals surface area (Å²) >= 11 is 5.55. The van der Waals surface area contributed by atoms with Gasteiger partial charge in [0.25, 0.3) is 0 Å². The number of aliphatic hydroxyl groups is 1. The molecule has 12 nitrogen and oxygen atoms in total. The number of imidazole rings is 1. The van der Waals surface area contributed by atoms with Gasteiger partial charge in [0.2, 0.25) is 17.7 Å². The van der Waals surface area contributed by atoms with Crippen molar-refractivity contribution in [1.29, 1.82) is 0 Å². The number of thiol groups is 1. The quantitative estimate of drug-likeness (QED) is 0.134. The SMILES string of the molecule is CSCCC(N)C(=O)NC(C(=O)NC(CS)C(=O)NC(Cc1cnc[nH]1)C(=O)O)C(C)O. The molecule has 0 spiro atoms. The highest BCUT2D eigenvalue weighted by molar-refractivity contribution is 7.98. The van der Waals surface area contributed by atoms with Gasteiger partial charge in [-0.3, -0.25) is 14.4 Å². The number of carboxylic acids is 1. The maximum atomic E-state index is 12.6. The summed E-state index contributed by atoms with van der Waals surface area (Å²) in [6.45, 7) is 1.30. The maximum Gasteiger partial charge on any atom is 0.326 e. The van der Waals surface area contributed by atoms with Gasteiger partial charge in [-0.1, -0.05) is 0 Å². The Labute approximate surface area is 195 Å². The molecule has 0 bridgehead atoms. The molecule has 14 heteroatoms. The number of H-pyrrole nitrogens is 1. The van der Waals surface area contributed by atoms with E-state index in [1.54, 1.807) is 0 Å². The van der Waals surface area contributed by atoms with Gasteiger partial charge in [0.1, 0.15) is 18.1 Å². The molecule has 0 saturated heterocycles. The third-order valence-electron chi connectivity index (χ3n) is 4.44. The van der Waals surface area contributed by atoms with Crippen LogP contribution in [0.4, 0.5) is 0 Å².